The molecule has 0 heterocycles. The van der Waals surface area contributed by atoms with Crippen LogP contribution >= 0.6 is 0 Å². The zero-order valence-corrected chi connectivity index (χ0v) is 3.70. The van der Waals surface area contributed by atoms with E-state index >= 15 is 0 Å². The van der Waals surface area contributed by atoms with Crippen LogP contribution < -0.4 is 0 Å². The van der Waals surface area contributed by atoms with Gasteiger partial charge in [-0.05, 0) is 0 Å². The molecule has 0 aliphatic heterocycles. The van der Waals surface area contributed by atoms with Gasteiger partial charge in [-0.3, -0.25) is 4.70 Å². The van der Waals surface area contributed by atoms with E-state index in [2.05, 4.69) is 0 Å². The molecular weight excluding hydrogens is 296 g/mol. The SMILES string of the molecule is F.O[Si](O)(O)O.[GaH3].[InH3]. The second-order valence-electron chi connectivity index (χ2n) is 0.600. The molecule has 4 N–H and O–H groups in total. The van der Waals surface area contributed by atoms with Crippen molar-refractivity contribution in [3.05, 3.63) is 0 Å². The van der Waals surface area contributed by atoms with Gasteiger partial charge < -0.3 is 19.2 Å². The minimum atomic E-state index is -4.61. The zero-order chi connectivity index (χ0) is 4.50. The summed E-state index contributed by atoms with van der Waals surface area (Å²) in [7, 11) is -4.61. The molecule has 0 rings (SSSR count). The molecule has 0 bridgehead atoms. The Kier molecular flexibility index (Phi) is 24.1. The maximum absolute atomic E-state index is 7.33. The average molecular weight is 307 g/mol. The van der Waals surface area contributed by atoms with E-state index in [1.807, 2.05) is 0 Å². The predicted molar refractivity (Wildman–Crippen MR) is 37.0 cm³/mol. The normalized spacial score (nSPS) is 7.50. The van der Waals surface area contributed by atoms with Crippen LogP contribution in [0.4, 0.5) is 4.70 Å². The van der Waals surface area contributed by atoms with Crippen molar-refractivity contribution in [2.24, 2.45) is 0 Å². The molecule has 52 valence electrons. The van der Waals surface area contributed by atoms with Crippen LogP contribution in [0.5, 0.6) is 0 Å². The van der Waals surface area contributed by atoms with E-state index < -0.39 is 9.05 Å². The van der Waals surface area contributed by atoms with Crippen molar-refractivity contribution in [2.45, 2.75) is 0 Å². The third-order valence-corrected chi connectivity index (χ3v) is 0. The van der Waals surface area contributed by atoms with Crippen LogP contribution in [0.25, 0.3) is 0 Å². The Hall–Kier alpha value is 1.49. The van der Waals surface area contributed by atoms with Gasteiger partial charge in [0, 0.05) is 0 Å². The fourth-order valence-corrected chi connectivity index (χ4v) is 0. The molecule has 0 unspecified atom stereocenters. The molecule has 0 saturated heterocycles. The van der Waals surface area contributed by atoms with Gasteiger partial charge in [-0.2, -0.15) is 0 Å². The van der Waals surface area contributed by atoms with E-state index in [4.69, 9.17) is 19.2 Å². The molecule has 8 heteroatoms. The summed E-state index contributed by atoms with van der Waals surface area (Å²) in [4.78, 5) is 29.3. The van der Waals surface area contributed by atoms with Gasteiger partial charge in [0.05, 0.1) is 0 Å². The molecule has 0 atom stereocenters. The molecular formula is H11FGaInO4Si. The monoisotopic (exact) mass is 306 g/mol. The molecule has 0 spiro atoms. The summed E-state index contributed by atoms with van der Waals surface area (Å²) >= 11 is 0. The maximum atomic E-state index is 7.33. The Labute approximate surface area is 78.2 Å². The first-order valence-corrected chi connectivity index (χ1v) is 2.68. The molecule has 0 amide bonds. The molecule has 0 fully saturated rings. The van der Waals surface area contributed by atoms with E-state index in [1.54, 1.807) is 0 Å². The summed E-state index contributed by atoms with van der Waals surface area (Å²) in [6.07, 6.45) is 0. The summed E-state index contributed by atoms with van der Waals surface area (Å²) in [5.74, 6) is 0. The van der Waals surface area contributed by atoms with Crippen LogP contribution in [0, 0.1) is 0 Å². The number of halogens is 1. The second-order valence-corrected chi connectivity index (χ2v) is 1.80. The van der Waals surface area contributed by atoms with Crippen molar-refractivity contribution in [1.82, 2.24) is 0 Å². The van der Waals surface area contributed by atoms with Crippen LogP contribution in [0.1, 0.15) is 0 Å². The second kappa shape index (κ2) is 8.49. The minimum absolute atomic E-state index is 0. The summed E-state index contributed by atoms with van der Waals surface area (Å²) in [5.41, 5.74) is 0. The van der Waals surface area contributed by atoms with Crippen molar-refractivity contribution >= 4 is 54.7 Å². The average Bonchev–Trinajstić information content (AvgIpc) is 0.722. The van der Waals surface area contributed by atoms with Gasteiger partial charge in [0.15, 0.2) is 0 Å². The zero-order valence-electron chi connectivity index (χ0n) is 2.70. The Morgan fingerprint density at radius 2 is 0.875 bits per heavy atom. The van der Waals surface area contributed by atoms with Crippen LogP contribution in [0.3, 0.4) is 0 Å². The number of rotatable bonds is 0. The first-order valence-electron chi connectivity index (χ1n) is 0.894. The van der Waals surface area contributed by atoms with Crippen molar-refractivity contribution in [1.29, 1.82) is 0 Å². The predicted octanol–water partition coefficient (Wildman–Crippen LogP) is -4.82. The molecule has 0 aromatic carbocycles. The van der Waals surface area contributed by atoms with E-state index in [1.165, 1.54) is 0 Å². The first-order chi connectivity index (χ1) is 2.00. The molecule has 0 aromatic rings. The molecule has 0 aromatic heterocycles. The topological polar surface area (TPSA) is 80.9 Å². The number of hydrogen-bond donors (Lipinski definition) is 4. The summed E-state index contributed by atoms with van der Waals surface area (Å²) in [5, 5.41) is 0. The van der Waals surface area contributed by atoms with Gasteiger partial charge in [-0.1, -0.05) is 0 Å². The van der Waals surface area contributed by atoms with Crippen molar-refractivity contribution < 1.29 is 23.9 Å². The fraction of sp³-hybridized carbons (Fsp3) is 0. The van der Waals surface area contributed by atoms with Crippen LogP contribution in [0.15, 0.2) is 0 Å². The summed E-state index contributed by atoms with van der Waals surface area (Å²) in [6, 6.07) is 0. The Morgan fingerprint density at radius 3 is 0.875 bits per heavy atom. The van der Waals surface area contributed by atoms with Crippen LogP contribution in [-0.4, -0.2) is 73.9 Å². The van der Waals surface area contributed by atoms with Gasteiger partial charge in [0.2, 0.25) is 0 Å². The molecule has 0 saturated carbocycles. The first kappa shape index (κ1) is 22.7. The van der Waals surface area contributed by atoms with E-state index in [0.29, 0.717) is 0 Å². The van der Waals surface area contributed by atoms with E-state index in [9.17, 15) is 0 Å². The van der Waals surface area contributed by atoms with Gasteiger partial charge in [0.1, 0.15) is 0 Å². The molecule has 0 aliphatic rings. The van der Waals surface area contributed by atoms with E-state index in [-0.39, 0.29) is 50.3 Å². The Morgan fingerprint density at radius 1 is 0.875 bits per heavy atom. The van der Waals surface area contributed by atoms with Gasteiger partial charge in [-0.25, -0.2) is 0 Å². The van der Waals surface area contributed by atoms with Crippen molar-refractivity contribution in [3.63, 3.8) is 0 Å². The Balaban J connectivity index is -0.0000000267. The number of hydrogen-bond acceptors (Lipinski definition) is 4. The van der Waals surface area contributed by atoms with Crippen LogP contribution in [-0.2, 0) is 0 Å². The molecule has 8 heavy (non-hydrogen) atoms. The van der Waals surface area contributed by atoms with Crippen molar-refractivity contribution in [3.8, 4) is 0 Å². The standard InChI is InChI=1S/FH.Ga.In.H4O4Si.6H/c;;;1-5(2,3)4;;;;;;/h1H;;;1-4H;;;;;;. The van der Waals surface area contributed by atoms with Crippen LogP contribution in [0.2, 0.25) is 0 Å². The van der Waals surface area contributed by atoms with Gasteiger partial charge in [-0.15, -0.1) is 0 Å². The summed E-state index contributed by atoms with van der Waals surface area (Å²) < 4.78 is 0. The third kappa shape index (κ3) is 142. The van der Waals surface area contributed by atoms with E-state index in [0.717, 1.165) is 0 Å². The fourth-order valence-electron chi connectivity index (χ4n) is 0. The molecule has 4 nitrogen and oxygen atoms in total. The van der Waals surface area contributed by atoms with Gasteiger partial charge in [0.25, 0.3) is 0 Å². The Bertz CT molecular complexity index is 31.5. The quantitative estimate of drug-likeness (QED) is 0.339. The summed E-state index contributed by atoms with van der Waals surface area (Å²) in [6.45, 7) is 0. The van der Waals surface area contributed by atoms with Crippen molar-refractivity contribution in [2.75, 3.05) is 0 Å². The third-order valence-electron chi connectivity index (χ3n) is 0. The van der Waals surface area contributed by atoms with Gasteiger partial charge >= 0.3 is 54.7 Å². The molecule has 0 aliphatic carbocycles. The molecule has 0 radical (unpaired) electrons.